The van der Waals surface area contributed by atoms with Gasteiger partial charge in [-0.1, -0.05) is 30.0 Å². The normalized spacial score (nSPS) is 20.5. The van der Waals surface area contributed by atoms with Gasteiger partial charge in [0.1, 0.15) is 16.9 Å². The fraction of sp³-hybridized carbons (Fsp3) is 0.432. The Balaban J connectivity index is 0.689. The van der Waals surface area contributed by atoms with Crippen LogP contribution in [0.1, 0.15) is 77.4 Å². The molecule has 1 unspecified atom stereocenters. The monoisotopic (exact) mass is 858 g/mol. The summed E-state index contributed by atoms with van der Waals surface area (Å²) in [5, 5.41) is 17.7. The SMILES string of the molecule is CC1(N)CCN(c2cnc(Sc3cccc(NC(=O)CCN4CC5(CCN(c6ccc(C(=O)NCc7ccc8c(c7)CN(C7CCC(=O)NC7=O)C8=O)nn6)C5)C4)c3)cn2)CC1. The number of piperidine rings is 2. The van der Waals surface area contributed by atoms with Crippen molar-refractivity contribution in [3.8, 4) is 0 Å². The van der Waals surface area contributed by atoms with E-state index in [2.05, 4.69) is 57.7 Å². The van der Waals surface area contributed by atoms with E-state index in [4.69, 9.17) is 5.73 Å². The second-order valence-corrected chi connectivity index (χ2v) is 18.6. The first kappa shape index (κ1) is 41.4. The summed E-state index contributed by atoms with van der Waals surface area (Å²) >= 11 is 1.51. The molecule has 4 fully saturated rings. The maximum atomic E-state index is 13.0. The number of fused-ring (bicyclic) bond motifs is 1. The van der Waals surface area contributed by atoms with Crippen LogP contribution in [0.3, 0.4) is 0 Å². The first-order valence-corrected chi connectivity index (χ1v) is 22.0. The Labute approximate surface area is 363 Å². The number of hydrogen-bond acceptors (Lipinski definition) is 14. The summed E-state index contributed by atoms with van der Waals surface area (Å²) in [5.41, 5.74) is 9.35. The smallest absolute Gasteiger partial charge is 0.272 e. The highest BCUT2D eigenvalue weighted by molar-refractivity contribution is 7.99. The summed E-state index contributed by atoms with van der Waals surface area (Å²) < 4.78 is 0. The van der Waals surface area contributed by atoms with Crippen LogP contribution in [0.2, 0.25) is 0 Å². The van der Waals surface area contributed by atoms with E-state index < -0.39 is 11.9 Å². The Hall–Kier alpha value is -5.98. The number of hydrogen-bond donors (Lipinski definition) is 4. The minimum Gasteiger partial charge on any atom is -0.355 e. The van der Waals surface area contributed by atoms with Crippen LogP contribution in [0.4, 0.5) is 17.3 Å². The van der Waals surface area contributed by atoms with Crippen LogP contribution in [-0.2, 0) is 27.5 Å². The highest BCUT2D eigenvalue weighted by Crippen LogP contribution is 2.41. The molecule has 5 aliphatic rings. The molecule has 62 heavy (non-hydrogen) atoms. The molecular formula is C44H50N12O5S. The summed E-state index contributed by atoms with van der Waals surface area (Å²) in [6.07, 6.45) is 7.37. The Morgan fingerprint density at radius 2 is 1.74 bits per heavy atom. The van der Waals surface area contributed by atoms with Gasteiger partial charge < -0.3 is 36.0 Å². The number of carbonyl (C=O) groups is 5. The third-order valence-corrected chi connectivity index (χ3v) is 13.6. The van der Waals surface area contributed by atoms with Gasteiger partial charge >= 0.3 is 0 Å². The fourth-order valence-corrected chi connectivity index (χ4v) is 9.87. The number of likely N-dealkylation sites (tertiary alicyclic amines) is 1. The van der Waals surface area contributed by atoms with E-state index in [0.717, 1.165) is 96.9 Å². The van der Waals surface area contributed by atoms with Crippen molar-refractivity contribution in [3.05, 3.63) is 89.4 Å². The number of aromatic nitrogens is 4. The van der Waals surface area contributed by atoms with E-state index in [9.17, 15) is 24.0 Å². The number of nitrogens with one attached hydrogen (secondary N) is 3. The van der Waals surface area contributed by atoms with Crippen molar-refractivity contribution in [2.24, 2.45) is 11.1 Å². The van der Waals surface area contributed by atoms with E-state index in [1.54, 1.807) is 24.4 Å². The second-order valence-electron chi connectivity index (χ2n) is 17.5. The predicted molar refractivity (Wildman–Crippen MR) is 231 cm³/mol. The lowest BCUT2D eigenvalue weighted by Gasteiger charge is -2.48. The molecule has 2 aromatic heterocycles. The molecule has 4 saturated heterocycles. The minimum absolute atomic E-state index is 0.0260. The van der Waals surface area contributed by atoms with Crippen LogP contribution in [0.15, 0.2) is 76.9 Å². The molecule has 5 amide bonds. The predicted octanol–water partition coefficient (Wildman–Crippen LogP) is 2.97. The minimum atomic E-state index is -0.680. The molecule has 18 heteroatoms. The molecule has 4 aromatic rings. The highest BCUT2D eigenvalue weighted by atomic mass is 32.2. The average Bonchev–Trinajstić information content (AvgIpc) is 3.84. The second kappa shape index (κ2) is 17.1. The van der Waals surface area contributed by atoms with Crippen LogP contribution in [0, 0.1) is 5.41 Å². The number of amides is 5. The zero-order chi connectivity index (χ0) is 43.0. The third-order valence-electron chi connectivity index (χ3n) is 12.6. The van der Waals surface area contributed by atoms with Crippen molar-refractivity contribution in [2.75, 3.05) is 60.9 Å². The number of carbonyl (C=O) groups excluding carboxylic acids is 5. The molecule has 0 bridgehead atoms. The van der Waals surface area contributed by atoms with Gasteiger partial charge in [0.2, 0.25) is 17.7 Å². The van der Waals surface area contributed by atoms with Gasteiger partial charge in [0, 0.05) is 98.8 Å². The maximum Gasteiger partial charge on any atom is 0.272 e. The van der Waals surface area contributed by atoms with E-state index in [-0.39, 0.29) is 59.8 Å². The van der Waals surface area contributed by atoms with Gasteiger partial charge in [-0.3, -0.25) is 29.3 Å². The Morgan fingerprint density at radius 1 is 0.919 bits per heavy atom. The number of imide groups is 1. The molecule has 1 spiro atoms. The van der Waals surface area contributed by atoms with E-state index in [1.807, 2.05) is 42.6 Å². The van der Waals surface area contributed by atoms with Crippen LogP contribution in [-0.4, -0.2) is 117 Å². The summed E-state index contributed by atoms with van der Waals surface area (Å²) in [6, 6.07) is 16.0. The molecule has 2 aromatic carbocycles. The quantitative estimate of drug-likeness (QED) is 0.151. The van der Waals surface area contributed by atoms with E-state index in [1.165, 1.54) is 16.7 Å². The molecule has 1 atom stereocenters. The van der Waals surface area contributed by atoms with Gasteiger partial charge in [0.05, 0.1) is 12.4 Å². The topological polar surface area (TPSA) is 212 Å². The Kier molecular flexibility index (Phi) is 11.4. The standard InChI is InChI=1S/C44H50N12O5S/c1-43(45)12-16-54(17-13-43)36-22-47-39(23-46-36)62-31-4-2-3-30(20-31)49-38(58)11-15-53-25-44(26-53)14-18-55(27-44)35-9-7-33(51-52-35)40(59)48-21-28-5-6-32-29(19-28)24-56(42(32)61)34-8-10-37(57)50-41(34)60/h2-7,9,19-20,22-23,34H,8,10-18,21,24-27,45H2,1H3,(H,48,59)(H,49,58)(H,50,57,60). The average molecular weight is 859 g/mol. The van der Waals surface area contributed by atoms with Crippen LogP contribution in [0.5, 0.6) is 0 Å². The number of benzene rings is 2. The van der Waals surface area contributed by atoms with E-state index in [0.29, 0.717) is 24.9 Å². The zero-order valence-electron chi connectivity index (χ0n) is 34.6. The summed E-state index contributed by atoms with van der Waals surface area (Å²) in [5.74, 6) is 0.185. The van der Waals surface area contributed by atoms with Gasteiger partial charge in [-0.05, 0) is 80.1 Å². The summed E-state index contributed by atoms with van der Waals surface area (Å²) in [6.45, 7) is 8.50. The van der Waals surface area contributed by atoms with Crippen molar-refractivity contribution in [1.29, 1.82) is 0 Å². The maximum absolute atomic E-state index is 13.0. The number of nitrogens with zero attached hydrogens (tertiary/aromatic N) is 8. The third kappa shape index (κ3) is 9.12. The summed E-state index contributed by atoms with van der Waals surface area (Å²) in [4.78, 5) is 81.4. The molecule has 7 heterocycles. The molecule has 5 N–H and O–H groups in total. The van der Waals surface area contributed by atoms with Crippen LogP contribution >= 0.6 is 11.8 Å². The first-order chi connectivity index (χ1) is 29.9. The zero-order valence-corrected chi connectivity index (χ0v) is 35.5. The number of nitrogens with two attached hydrogens (primary N) is 1. The lowest BCUT2D eigenvalue weighted by molar-refractivity contribution is -0.137. The van der Waals surface area contributed by atoms with Gasteiger partial charge in [0.25, 0.3) is 11.8 Å². The van der Waals surface area contributed by atoms with Gasteiger partial charge in [0.15, 0.2) is 11.5 Å². The van der Waals surface area contributed by atoms with Crippen molar-refractivity contribution < 1.29 is 24.0 Å². The molecule has 0 saturated carbocycles. The van der Waals surface area contributed by atoms with Crippen molar-refractivity contribution in [2.45, 2.75) is 80.0 Å². The molecule has 322 valence electrons. The highest BCUT2D eigenvalue weighted by Gasteiger charge is 2.47. The fourth-order valence-electron chi connectivity index (χ4n) is 9.09. The lowest BCUT2D eigenvalue weighted by Crippen LogP contribution is -2.57. The van der Waals surface area contributed by atoms with E-state index >= 15 is 0 Å². The van der Waals surface area contributed by atoms with Crippen molar-refractivity contribution in [1.82, 2.24) is 40.6 Å². The van der Waals surface area contributed by atoms with Gasteiger partial charge in [-0.25, -0.2) is 9.97 Å². The largest absolute Gasteiger partial charge is 0.355 e. The first-order valence-electron chi connectivity index (χ1n) is 21.2. The van der Waals surface area contributed by atoms with Gasteiger partial charge in [-0.15, -0.1) is 10.2 Å². The Bertz CT molecular complexity index is 2380. The molecule has 9 rings (SSSR count). The van der Waals surface area contributed by atoms with Crippen LogP contribution < -0.4 is 31.5 Å². The van der Waals surface area contributed by atoms with Gasteiger partial charge in [-0.2, -0.15) is 0 Å². The van der Waals surface area contributed by atoms with Crippen molar-refractivity contribution >= 4 is 58.6 Å². The molecular weight excluding hydrogens is 809 g/mol. The Morgan fingerprint density at radius 3 is 2.50 bits per heavy atom. The molecule has 5 aliphatic heterocycles. The number of anilines is 3. The number of rotatable bonds is 12. The molecule has 0 radical (unpaired) electrons. The molecule has 17 nitrogen and oxygen atoms in total. The van der Waals surface area contributed by atoms with Crippen LogP contribution in [0.25, 0.3) is 0 Å². The molecule has 0 aliphatic carbocycles. The summed E-state index contributed by atoms with van der Waals surface area (Å²) in [7, 11) is 0. The lowest BCUT2D eigenvalue weighted by atomic mass is 9.79. The van der Waals surface area contributed by atoms with Crippen molar-refractivity contribution in [3.63, 3.8) is 0 Å².